The van der Waals surface area contributed by atoms with Crippen LogP contribution in [0.1, 0.15) is 11.1 Å². The largest absolute Gasteiger partial charge is 0.573 e. The lowest BCUT2D eigenvalue weighted by Gasteiger charge is -2.13. The van der Waals surface area contributed by atoms with Crippen LogP contribution in [0.15, 0.2) is 54.6 Å². The molecule has 0 spiro atoms. The Hall–Kier alpha value is -3.03. The number of hydrogen-bond donors (Lipinski definition) is 2. The first-order valence-corrected chi connectivity index (χ1v) is 7.74. The van der Waals surface area contributed by atoms with Gasteiger partial charge in [-0.15, -0.1) is 13.2 Å². The van der Waals surface area contributed by atoms with E-state index in [0.717, 1.165) is 11.6 Å². The lowest BCUT2D eigenvalue weighted by atomic mass is 10.1. The Balaban J connectivity index is 1.79. The lowest BCUT2D eigenvalue weighted by Crippen LogP contribution is -2.37. The van der Waals surface area contributed by atoms with Crippen LogP contribution in [0.5, 0.6) is 5.75 Å². The highest BCUT2D eigenvalue weighted by molar-refractivity contribution is 5.85. The molecule has 5 nitrogen and oxygen atoms in total. The van der Waals surface area contributed by atoms with Crippen LogP contribution < -0.4 is 15.4 Å². The van der Waals surface area contributed by atoms with Gasteiger partial charge in [0.25, 0.3) is 0 Å². The zero-order valence-electron chi connectivity index (χ0n) is 13.7. The SMILES string of the molecule is O=C(CNC(=O)Cc1ccccc1)NCc1ccccc1OC(F)(F)F. The second kappa shape index (κ2) is 8.89. The van der Waals surface area contributed by atoms with E-state index < -0.39 is 12.3 Å². The highest BCUT2D eigenvalue weighted by Crippen LogP contribution is 2.25. The first kappa shape index (κ1) is 19.3. The molecular formula is C18H17F3N2O3. The van der Waals surface area contributed by atoms with E-state index in [4.69, 9.17) is 0 Å². The van der Waals surface area contributed by atoms with Crippen LogP contribution in [0.4, 0.5) is 13.2 Å². The van der Waals surface area contributed by atoms with E-state index in [9.17, 15) is 22.8 Å². The molecule has 0 bridgehead atoms. The van der Waals surface area contributed by atoms with Gasteiger partial charge < -0.3 is 15.4 Å². The summed E-state index contributed by atoms with van der Waals surface area (Å²) < 4.78 is 41.0. The Morgan fingerprint density at radius 2 is 1.54 bits per heavy atom. The van der Waals surface area contributed by atoms with E-state index >= 15 is 0 Å². The van der Waals surface area contributed by atoms with E-state index in [1.807, 2.05) is 6.07 Å². The van der Waals surface area contributed by atoms with Crippen LogP contribution in [0.3, 0.4) is 0 Å². The second-order valence-electron chi connectivity index (χ2n) is 5.37. The maximum atomic E-state index is 12.4. The molecule has 2 aromatic carbocycles. The summed E-state index contributed by atoms with van der Waals surface area (Å²) in [6, 6.07) is 14.5. The van der Waals surface area contributed by atoms with Crippen molar-refractivity contribution in [2.45, 2.75) is 19.3 Å². The number of alkyl halides is 3. The summed E-state index contributed by atoms with van der Waals surface area (Å²) in [6.07, 6.45) is -4.68. The monoisotopic (exact) mass is 366 g/mol. The topological polar surface area (TPSA) is 67.4 Å². The molecule has 0 unspecified atom stereocenters. The Morgan fingerprint density at radius 1 is 0.885 bits per heavy atom. The molecule has 2 N–H and O–H groups in total. The van der Waals surface area contributed by atoms with Crippen molar-refractivity contribution in [3.05, 3.63) is 65.7 Å². The molecule has 0 atom stereocenters. The van der Waals surface area contributed by atoms with Gasteiger partial charge in [-0.2, -0.15) is 0 Å². The molecule has 138 valence electrons. The fourth-order valence-electron chi connectivity index (χ4n) is 2.15. The third kappa shape index (κ3) is 6.84. The van der Waals surface area contributed by atoms with Crippen LogP contribution in [-0.2, 0) is 22.6 Å². The highest BCUT2D eigenvalue weighted by Gasteiger charge is 2.31. The van der Waals surface area contributed by atoms with Gasteiger partial charge in [0.05, 0.1) is 13.0 Å². The van der Waals surface area contributed by atoms with Gasteiger partial charge >= 0.3 is 6.36 Å². The third-order valence-electron chi connectivity index (χ3n) is 3.33. The molecule has 0 aliphatic heterocycles. The molecule has 26 heavy (non-hydrogen) atoms. The number of rotatable bonds is 7. The summed E-state index contributed by atoms with van der Waals surface area (Å²) in [5.41, 5.74) is 0.984. The van der Waals surface area contributed by atoms with Crippen LogP contribution in [0, 0.1) is 0 Å². The van der Waals surface area contributed by atoms with Gasteiger partial charge in [0.15, 0.2) is 0 Å². The lowest BCUT2D eigenvalue weighted by molar-refractivity contribution is -0.274. The highest BCUT2D eigenvalue weighted by atomic mass is 19.4. The normalized spacial score (nSPS) is 10.9. The standard InChI is InChI=1S/C18H17F3N2O3/c19-18(20,21)26-15-9-5-4-8-14(15)11-22-17(25)12-23-16(24)10-13-6-2-1-3-7-13/h1-9H,10-12H2,(H,22,25)(H,23,24). The minimum atomic E-state index is -4.81. The molecular weight excluding hydrogens is 349 g/mol. The number of amides is 2. The van der Waals surface area contributed by atoms with Crippen molar-refractivity contribution in [3.63, 3.8) is 0 Å². The number of carbonyl (C=O) groups excluding carboxylic acids is 2. The summed E-state index contributed by atoms with van der Waals surface area (Å²) in [5.74, 6) is -1.23. The van der Waals surface area contributed by atoms with Gasteiger partial charge in [-0.1, -0.05) is 48.5 Å². The van der Waals surface area contributed by atoms with Crippen molar-refractivity contribution in [1.29, 1.82) is 0 Å². The quantitative estimate of drug-likeness (QED) is 0.792. The smallest absolute Gasteiger partial charge is 0.405 e. The van der Waals surface area contributed by atoms with Crippen molar-refractivity contribution < 1.29 is 27.5 Å². The maximum absolute atomic E-state index is 12.4. The number of halogens is 3. The summed E-state index contributed by atoms with van der Waals surface area (Å²) in [7, 11) is 0. The van der Waals surface area contributed by atoms with Crippen molar-refractivity contribution >= 4 is 11.8 Å². The Bertz CT molecular complexity index is 749. The minimum absolute atomic E-state index is 0.135. The molecule has 0 fully saturated rings. The predicted molar refractivity (Wildman–Crippen MR) is 88.1 cm³/mol. The van der Waals surface area contributed by atoms with Crippen LogP contribution >= 0.6 is 0 Å². The summed E-state index contributed by atoms with van der Waals surface area (Å²) >= 11 is 0. The van der Waals surface area contributed by atoms with Crippen molar-refractivity contribution in [2.75, 3.05) is 6.54 Å². The molecule has 0 aliphatic carbocycles. The first-order chi connectivity index (χ1) is 12.3. The molecule has 0 heterocycles. The molecule has 0 aliphatic rings. The van der Waals surface area contributed by atoms with Gasteiger partial charge in [-0.05, 0) is 11.6 Å². The Labute approximate surface area is 148 Å². The predicted octanol–water partition coefficient (Wildman–Crippen LogP) is 2.56. The first-order valence-electron chi connectivity index (χ1n) is 7.74. The molecule has 8 heteroatoms. The van der Waals surface area contributed by atoms with Gasteiger partial charge in [0, 0.05) is 12.1 Å². The van der Waals surface area contributed by atoms with E-state index in [-0.39, 0.29) is 36.7 Å². The van der Waals surface area contributed by atoms with Gasteiger partial charge in [0.2, 0.25) is 11.8 Å². The number of nitrogens with one attached hydrogen (secondary N) is 2. The summed E-state index contributed by atoms with van der Waals surface area (Å²) in [4.78, 5) is 23.5. The molecule has 2 amide bonds. The number of para-hydroxylation sites is 1. The third-order valence-corrected chi connectivity index (χ3v) is 3.33. The van der Waals surface area contributed by atoms with Crippen LogP contribution in [0.2, 0.25) is 0 Å². The Kier molecular flexibility index (Phi) is 6.60. The van der Waals surface area contributed by atoms with Crippen molar-refractivity contribution in [2.24, 2.45) is 0 Å². The fraction of sp³-hybridized carbons (Fsp3) is 0.222. The summed E-state index contributed by atoms with van der Waals surface area (Å²) in [6.45, 7) is -0.423. The average Bonchev–Trinajstić information content (AvgIpc) is 2.59. The van der Waals surface area contributed by atoms with Gasteiger partial charge in [0.1, 0.15) is 5.75 Å². The maximum Gasteiger partial charge on any atom is 0.573 e. The van der Waals surface area contributed by atoms with Crippen molar-refractivity contribution in [3.8, 4) is 5.75 Å². The molecule has 0 radical (unpaired) electrons. The molecule has 0 saturated heterocycles. The van der Waals surface area contributed by atoms with Gasteiger partial charge in [-0.3, -0.25) is 9.59 Å². The molecule has 0 aromatic heterocycles. The van der Waals surface area contributed by atoms with E-state index in [1.54, 1.807) is 24.3 Å². The number of hydrogen-bond acceptors (Lipinski definition) is 3. The second-order valence-corrected chi connectivity index (χ2v) is 5.37. The zero-order chi connectivity index (χ0) is 19.0. The van der Waals surface area contributed by atoms with Crippen LogP contribution in [-0.4, -0.2) is 24.7 Å². The number of carbonyl (C=O) groups is 2. The number of ether oxygens (including phenoxy) is 1. The average molecular weight is 366 g/mol. The van der Waals surface area contributed by atoms with Crippen LogP contribution in [0.25, 0.3) is 0 Å². The van der Waals surface area contributed by atoms with Gasteiger partial charge in [-0.25, -0.2) is 0 Å². The van der Waals surface area contributed by atoms with E-state index in [1.165, 1.54) is 18.2 Å². The zero-order valence-corrected chi connectivity index (χ0v) is 13.7. The van der Waals surface area contributed by atoms with E-state index in [2.05, 4.69) is 15.4 Å². The molecule has 0 saturated carbocycles. The molecule has 2 rings (SSSR count). The molecule has 2 aromatic rings. The fourth-order valence-corrected chi connectivity index (χ4v) is 2.15. The van der Waals surface area contributed by atoms with Crippen molar-refractivity contribution in [1.82, 2.24) is 10.6 Å². The minimum Gasteiger partial charge on any atom is -0.405 e. The van der Waals surface area contributed by atoms with E-state index in [0.29, 0.717) is 0 Å². The number of benzene rings is 2. The summed E-state index contributed by atoms with van der Waals surface area (Å²) in [5, 5.41) is 4.90. The Morgan fingerprint density at radius 3 is 2.23 bits per heavy atom.